The SMILES string of the molecule is C[C@@H]1CN(c2ccc(C#N)cn2)CCN1C(=O)CONC[C@H](C)NC(=O)OC(C)(C)C. The normalized spacial score (nSPS) is 17.6. The first kappa shape index (κ1) is 24.4. The molecule has 1 aromatic heterocycles. The van der Waals surface area contributed by atoms with Crippen LogP contribution in [0.3, 0.4) is 0 Å². The molecule has 2 N–H and O–H groups in total. The Hall–Kier alpha value is -2.90. The smallest absolute Gasteiger partial charge is 0.407 e. The van der Waals surface area contributed by atoms with Crippen molar-refractivity contribution in [1.82, 2.24) is 20.7 Å². The Balaban J connectivity index is 1.69. The number of hydrogen-bond donors (Lipinski definition) is 2. The van der Waals surface area contributed by atoms with Gasteiger partial charge in [0.1, 0.15) is 24.1 Å². The van der Waals surface area contributed by atoms with E-state index in [1.165, 1.54) is 0 Å². The van der Waals surface area contributed by atoms with Gasteiger partial charge in [-0.2, -0.15) is 10.7 Å². The minimum atomic E-state index is -0.559. The fourth-order valence-corrected chi connectivity index (χ4v) is 3.11. The van der Waals surface area contributed by atoms with Crippen molar-refractivity contribution < 1.29 is 19.2 Å². The molecule has 1 fully saturated rings. The van der Waals surface area contributed by atoms with Gasteiger partial charge in [0.05, 0.1) is 5.56 Å². The molecule has 1 aromatic rings. The second-order valence-corrected chi connectivity index (χ2v) is 8.58. The molecule has 1 aliphatic rings. The third-order valence-electron chi connectivity index (χ3n) is 4.60. The first-order valence-corrected chi connectivity index (χ1v) is 10.3. The highest BCUT2D eigenvalue weighted by molar-refractivity contribution is 5.78. The van der Waals surface area contributed by atoms with Crippen LogP contribution in [0, 0.1) is 11.3 Å². The standard InChI is InChI=1S/C21H32N6O4/c1-15(25-20(29)31-21(3,4)5)11-24-30-14-19(28)27-9-8-26(13-16(27)2)18-7-6-17(10-22)12-23-18/h6-7,12,15-16,24H,8-9,11,13-14H2,1-5H3,(H,25,29)/t15-,16+/m0/s1. The quantitative estimate of drug-likeness (QED) is 0.490. The third kappa shape index (κ3) is 8.03. The Labute approximate surface area is 183 Å². The lowest BCUT2D eigenvalue weighted by atomic mass is 10.2. The molecule has 0 radical (unpaired) electrons. The largest absolute Gasteiger partial charge is 0.444 e. The number of carbonyl (C=O) groups excluding carboxylic acids is 2. The molecule has 0 unspecified atom stereocenters. The van der Waals surface area contributed by atoms with E-state index in [0.717, 1.165) is 5.82 Å². The van der Waals surface area contributed by atoms with Gasteiger partial charge in [-0.25, -0.2) is 9.78 Å². The molecule has 31 heavy (non-hydrogen) atoms. The molecule has 0 bridgehead atoms. The van der Waals surface area contributed by atoms with Crippen LogP contribution in [-0.2, 0) is 14.4 Å². The molecule has 2 atom stereocenters. The van der Waals surface area contributed by atoms with Crippen molar-refractivity contribution in [1.29, 1.82) is 5.26 Å². The fraction of sp³-hybridized carbons (Fsp3) is 0.619. The van der Waals surface area contributed by atoms with Crippen molar-refractivity contribution in [2.75, 3.05) is 37.7 Å². The molecule has 2 rings (SSSR count). The predicted octanol–water partition coefficient (Wildman–Crippen LogP) is 1.42. The number of nitrogens with one attached hydrogen (secondary N) is 2. The number of piperazine rings is 1. The lowest BCUT2D eigenvalue weighted by Crippen LogP contribution is -2.55. The predicted molar refractivity (Wildman–Crippen MR) is 115 cm³/mol. The molecule has 10 nitrogen and oxygen atoms in total. The van der Waals surface area contributed by atoms with E-state index in [9.17, 15) is 9.59 Å². The number of alkyl carbamates (subject to hydrolysis) is 1. The zero-order valence-corrected chi connectivity index (χ0v) is 18.8. The zero-order chi connectivity index (χ0) is 23.0. The van der Waals surface area contributed by atoms with E-state index in [1.807, 2.05) is 13.0 Å². The van der Waals surface area contributed by atoms with E-state index < -0.39 is 11.7 Å². The minimum Gasteiger partial charge on any atom is -0.444 e. The van der Waals surface area contributed by atoms with Crippen molar-refractivity contribution in [2.45, 2.75) is 52.3 Å². The molecular weight excluding hydrogens is 400 g/mol. The van der Waals surface area contributed by atoms with E-state index in [1.54, 1.807) is 44.9 Å². The average Bonchev–Trinajstić information content (AvgIpc) is 2.69. The van der Waals surface area contributed by atoms with Crippen molar-refractivity contribution >= 4 is 17.8 Å². The van der Waals surface area contributed by atoms with Gasteiger partial charge in [0.25, 0.3) is 5.91 Å². The van der Waals surface area contributed by atoms with Gasteiger partial charge in [-0.15, -0.1) is 0 Å². The molecule has 10 heteroatoms. The lowest BCUT2D eigenvalue weighted by Gasteiger charge is -2.40. The van der Waals surface area contributed by atoms with Crippen molar-refractivity contribution in [3.05, 3.63) is 23.9 Å². The number of pyridine rings is 1. The van der Waals surface area contributed by atoms with Gasteiger partial charge in [-0.3, -0.25) is 9.63 Å². The highest BCUT2D eigenvalue weighted by atomic mass is 16.6. The Kier molecular flexibility index (Phi) is 8.59. The van der Waals surface area contributed by atoms with Crippen molar-refractivity contribution in [3.8, 4) is 6.07 Å². The van der Waals surface area contributed by atoms with Crippen LogP contribution in [0.15, 0.2) is 18.3 Å². The molecular formula is C21H32N6O4. The summed E-state index contributed by atoms with van der Waals surface area (Å²) in [6.45, 7) is 11.3. The Bertz CT molecular complexity index is 787. The average molecular weight is 433 g/mol. The first-order chi connectivity index (χ1) is 14.6. The van der Waals surface area contributed by atoms with Crippen LogP contribution >= 0.6 is 0 Å². The van der Waals surface area contributed by atoms with E-state index in [0.29, 0.717) is 31.7 Å². The maximum absolute atomic E-state index is 12.5. The second-order valence-electron chi connectivity index (χ2n) is 8.58. The molecule has 2 amide bonds. The Morgan fingerprint density at radius 3 is 2.68 bits per heavy atom. The van der Waals surface area contributed by atoms with Gasteiger partial charge < -0.3 is 19.9 Å². The highest BCUT2D eigenvalue weighted by Gasteiger charge is 2.28. The summed E-state index contributed by atoms with van der Waals surface area (Å²) in [5.74, 6) is 0.683. The second kappa shape index (κ2) is 10.9. The Morgan fingerprint density at radius 2 is 2.10 bits per heavy atom. The highest BCUT2D eigenvalue weighted by Crippen LogP contribution is 2.17. The Morgan fingerprint density at radius 1 is 1.35 bits per heavy atom. The summed E-state index contributed by atoms with van der Waals surface area (Å²) in [5, 5.41) is 11.6. The number of nitriles is 1. The van der Waals surface area contributed by atoms with Crippen LogP contribution in [0.2, 0.25) is 0 Å². The van der Waals surface area contributed by atoms with Gasteiger partial charge in [0.15, 0.2) is 0 Å². The van der Waals surface area contributed by atoms with Gasteiger partial charge in [-0.1, -0.05) is 0 Å². The number of rotatable bonds is 7. The third-order valence-corrected chi connectivity index (χ3v) is 4.60. The number of hydroxylamine groups is 1. The number of anilines is 1. The minimum absolute atomic E-state index is 0.00458. The van der Waals surface area contributed by atoms with Gasteiger partial charge in [-0.05, 0) is 46.8 Å². The summed E-state index contributed by atoms with van der Waals surface area (Å²) in [7, 11) is 0. The van der Waals surface area contributed by atoms with Crippen LogP contribution in [0.4, 0.5) is 10.6 Å². The van der Waals surface area contributed by atoms with Crippen LogP contribution < -0.4 is 15.7 Å². The van der Waals surface area contributed by atoms with Gasteiger partial charge in [0, 0.05) is 44.5 Å². The van der Waals surface area contributed by atoms with Crippen molar-refractivity contribution in [3.63, 3.8) is 0 Å². The van der Waals surface area contributed by atoms with Crippen LogP contribution in [0.1, 0.15) is 40.2 Å². The number of amides is 2. The van der Waals surface area contributed by atoms with E-state index in [2.05, 4.69) is 26.7 Å². The first-order valence-electron chi connectivity index (χ1n) is 10.3. The van der Waals surface area contributed by atoms with E-state index in [4.69, 9.17) is 14.8 Å². The lowest BCUT2D eigenvalue weighted by molar-refractivity contribution is -0.141. The molecule has 0 saturated carbocycles. The number of ether oxygens (including phenoxy) is 1. The molecule has 0 spiro atoms. The molecule has 0 aromatic carbocycles. The van der Waals surface area contributed by atoms with E-state index in [-0.39, 0.29) is 24.6 Å². The summed E-state index contributed by atoms with van der Waals surface area (Å²) in [5.41, 5.74) is 2.68. The number of nitrogens with zero attached hydrogens (tertiary/aromatic N) is 4. The molecule has 1 saturated heterocycles. The molecule has 2 heterocycles. The maximum atomic E-state index is 12.5. The number of carbonyl (C=O) groups is 2. The molecule has 170 valence electrons. The summed E-state index contributed by atoms with van der Waals surface area (Å²) < 4.78 is 5.19. The zero-order valence-electron chi connectivity index (χ0n) is 18.8. The van der Waals surface area contributed by atoms with Gasteiger partial charge >= 0.3 is 6.09 Å². The van der Waals surface area contributed by atoms with Crippen LogP contribution in [-0.4, -0.2) is 72.4 Å². The van der Waals surface area contributed by atoms with E-state index >= 15 is 0 Å². The summed E-state index contributed by atoms with van der Waals surface area (Å²) in [4.78, 5) is 37.7. The fourth-order valence-electron chi connectivity index (χ4n) is 3.11. The van der Waals surface area contributed by atoms with Crippen LogP contribution in [0.25, 0.3) is 0 Å². The number of aromatic nitrogens is 1. The molecule has 0 aliphatic carbocycles. The topological polar surface area (TPSA) is 120 Å². The summed E-state index contributed by atoms with van der Waals surface area (Å²) >= 11 is 0. The maximum Gasteiger partial charge on any atom is 0.407 e. The molecule has 1 aliphatic heterocycles. The van der Waals surface area contributed by atoms with Crippen molar-refractivity contribution in [2.24, 2.45) is 0 Å². The van der Waals surface area contributed by atoms with Gasteiger partial charge in [0.2, 0.25) is 0 Å². The summed E-state index contributed by atoms with van der Waals surface area (Å²) in [6.07, 6.45) is 1.05. The van der Waals surface area contributed by atoms with Crippen LogP contribution in [0.5, 0.6) is 0 Å². The number of hydrogen-bond acceptors (Lipinski definition) is 8. The monoisotopic (exact) mass is 432 g/mol. The summed E-state index contributed by atoms with van der Waals surface area (Å²) in [6, 6.07) is 5.38.